The minimum atomic E-state index is -1.53. The molecular weight excluding hydrogens is 462 g/mol. The minimum absolute atomic E-state index is 0.344. The SMILES string of the molecule is CC(O)C(NC(=O)CNC(=O)CN)C(=O)NCC(=O)NCC(=O)NCC(=O)NC(CO)C(=O)O. The first-order valence-corrected chi connectivity index (χ1v) is 9.79. The molecule has 6 amide bonds. The van der Waals surface area contributed by atoms with Gasteiger partial charge < -0.3 is 53.0 Å². The maximum absolute atomic E-state index is 12.1. The van der Waals surface area contributed by atoms with Crippen LogP contribution in [0.2, 0.25) is 0 Å². The van der Waals surface area contributed by atoms with Crippen molar-refractivity contribution in [3.8, 4) is 0 Å². The van der Waals surface area contributed by atoms with E-state index in [0.29, 0.717) is 0 Å². The van der Waals surface area contributed by atoms with Crippen LogP contribution < -0.4 is 37.6 Å². The van der Waals surface area contributed by atoms with Gasteiger partial charge in [0, 0.05) is 0 Å². The molecule has 17 heteroatoms. The topological polar surface area (TPSA) is 278 Å². The van der Waals surface area contributed by atoms with Crippen molar-refractivity contribution in [2.24, 2.45) is 5.73 Å². The second-order valence-corrected chi connectivity index (χ2v) is 6.68. The van der Waals surface area contributed by atoms with Crippen LogP contribution in [0, 0.1) is 0 Å². The predicted octanol–water partition coefficient (Wildman–Crippen LogP) is -7.16. The largest absolute Gasteiger partial charge is 0.480 e. The Morgan fingerprint density at radius 1 is 0.735 bits per heavy atom. The number of aliphatic carboxylic acids is 1. The highest BCUT2D eigenvalue weighted by Crippen LogP contribution is 1.93. The molecule has 0 spiro atoms. The molecule has 17 nitrogen and oxygen atoms in total. The number of carbonyl (C=O) groups excluding carboxylic acids is 6. The van der Waals surface area contributed by atoms with E-state index in [1.54, 1.807) is 0 Å². The molecule has 0 heterocycles. The maximum Gasteiger partial charge on any atom is 0.328 e. The summed E-state index contributed by atoms with van der Waals surface area (Å²) in [5, 5.41) is 39.9. The monoisotopic (exact) mass is 491 g/mol. The van der Waals surface area contributed by atoms with Crippen molar-refractivity contribution < 1.29 is 48.9 Å². The van der Waals surface area contributed by atoms with Crippen LogP contribution in [-0.2, 0) is 33.6 Å². The zero-order chi connectivity index (χ0) is 26.3. The van der Waals surface area contributed by atoms with E-state index in [-0.39, 0.29) is 6.54 Å². The number of hydrogen-bond donors (Lipinski definition) is 10. The van der Waals surface area contributed by atoms with E-state index in [1.807, 2.05) is 5.32 Å². The molecule has 0 radical (unpaired) electrons. The summed E-state index contributed by atoms with van der Waals surface area (Å²) < 4.78 is 0. The fourth-order valence-corrected chi connectivity index (χ4v) is 2.07. The lowest BCUT2D eigenvalue weighted by molar-refractivity contribution is -0.142. The number of carboxylic acids is 1. The summed E-state index contributed by atoms with van der Waals surface area (Å²) >= 11 is 0. The third-order valence-corrected chi connectivity index (χ3v) is 3.84. The van der Waals surface area contributed by atoms with E-state index in [9.17, 15) is 38.7 Å². The zero-order valence-corrected chi connectivity index (χ0v) is 18.3. The fraction of sp³-hybridized carbons (Fsp3) is 0.588. The molecule has 34 heavy (non-hydrogen) atoms. The minimum Gasteiger partial charge on any atom is -0.480 e. The van der Waals surface area contributed by atoms with Crippen LogP contribution in [0.5, 0.6) is 0 Å². The quantitative estimate of drug-likeness (QED) is 0.103. The molecule has 3 unspecified atom stereocenters. The molecule has 3 atom stereocenters. The van der Waals surface area contributed by atoms with Gasteiger partial charge in [-0.15, -0.1) is 0 Å². The van der Waals surface area contributed by atoms with Gasteiger partial charge in [-0.05, 0) is 6.92 Å². The van der Waals surface area contributed by atoms with E-state index >= 15 is 0 Å². The van der Waals surface area contributed by atoms with Gasteiger partial charge in [-0.1, -0.05) is 0 Å². The van der Waals surface area contributed by atoms with Crippen LogP contribution in [0.1, 0.15) is 6.92 Å². The highest BCUT2D eigenvalue weighted by atomic mass is 16.4. The lowest BCUT2D eigenvalue weighted by atomic mass is 10.1. The molecule has 0 fully saturated rings. The van der Waals surface area contributed by atoms with Crippen LogP contribution in [-0.4, -0.2) is 114 Å². The van der Waals surface area contributed by atoms with Gasteiger partial charge >= 0.3 is 5.97 Å². The van der Waals surface area contributed by atoms with Crippen molar-refractivity contribution in [3.63, 3.8) is 0 Å². The van der Waals surface area contributed by atoms with Gasteiger partial charge in [-0.2, -0.15) is 0 Å². The average Bonchev–Trinajstić information content (AvgIpc) is 2.79. The predicted molar refractivity (Wildman–Crippen MR) is 111 cm³/mol. The summed E-state index contributed by atoms with van der Waals surface area (Å²) in [6, 6.07) is -2.97. The lowest BCUT2D eigenvalue weighted by Gasteiger charge is -2.20. The molecule has 0 saturated heterocycles. The Bertz CT molecular complexity index is 774. The van der Waals surface area contributed by atoms with E-state index in [2.05, 4.69) is 26.6 Å². The molecule has 0 aliphatic rings. The van der Waals surface area contributed by atoms with Crippen LogP contribution in [0.15, 0.2) is 0 Å². The first-order valence-electron chi connectivity index (χ1n) is 9.79. The first-order chi connectivity index (χ1) is 15.9. The third kappa shape index (κ3) is 12.9. The summed E-state index contributed by atoms with van der Waals surface area (Å²) in [7, 11) is 0. The first kappa shape index (κ1) is 30.2. The molecule has 0 saturated carbocycles. The number of nitrogens with one attached hydrogen (secondary N) is 6. The molecule has 0 aliphatic carbocycles. The number of carboxylic acid groups (broad SMARTS) is 1. The summed E-state index contributed by atoms with van der Waals surface area (Å²) in [5.41, 5.74) is 5.07. The van der Waals surface area contributed by atoms with Crippen molar-refractivity contribution in [2.75, 3.05) is 39.3 Å². The molecule has 0 aromatic heterocycles. The number of nitrogens with two attached hydrogens (primary N) is 1. The highest BCUT2D eigenvalue weighted by molar-refractivity contribution is 5.93. The van der Waals surface area contributed by atoms with Gasteiger partial charge in [-0.25, -0.2) is 4.79 Å². The molecule has 0 rings (SSSR count). The number of aliphatic hydroxyl groups excluding tert-OH is 2. The molecular formula is C17H29N7O10. The van der Waals surface area contributed by atoms with Crippen molar-refractivity contribution in [1.82, 2.24) is 31.9 Å². The van der Waals surface area contributed by atoms with E-state index in [1.165, 1.54) is 6.92 Å². The Labute approximate surface area is 193 Å². The van der Waals surface area contributed by atoms with Crippen molar-refractivity contribution >= 4 is 41.4 Å². The van der Waals surface area contributed by atoms with Crippen molar-refractivity contribution in [3.05, 3.63) is 0 Å². The second kappa shape index (κ2) is 15.9. The highest BCUT2D eigenvalue weighted by Gasteiger charge is 2.26. The number of carbonyl (C=O) groups is 7. The molecule has 0 aromatic carbocycles. The Morgan fingerprint density at radius 3 is 1.62 bits per heavy atom. The van der Waals surface area contributed by atoms with Gasteiger partial charge in [0.2, 0.25) is 35.4 Å². The van der Waals surface area contributed by atoms with Gasteiger partial charge in [0.1, 0.15) is 12.1 Å². The van der Waals surface area contributed by atoms with Crippen LogP contribution in [0.3, 0.4) is 0 Å². The molecule has 0 bridgehead atoms. The van der Waals surface area contributed by atoms with E-state index < -0.39 is 92.4 Å². The van der Waals surface area contributed by atoms with Crippen LogP contribution in [0.25, 0.3) is 0 Å². The zero-order valence-electron chi connectivity index (χ0n) is 18.3. The smallest absolute Gasteiger partial charge is 0.328 e. The number of rotatable bonds is 15. The van der Waals surface area contributed by atoms with Gasteiger partial charge in [0.15, 0.2) is 0 Å². The van der Waals surface area contributed by atoms with E-state index in [0.717, 1.165) is 0 Å². The summed E-state index contributed by atoms with van der Waals surface area (Å²) in [4.78, 5) is 80.6. The van der Waals surface area contributed by atoms with Crippen LogP contribution in [0.4, 0.5) is 0 Å². The number of amides is 6. The van der Waals surface area contributed by atoms with Crippen molar-refractivity contribution in [1.29, 1.82) is 0 Å². The number of aliphatic hydroxyl groups is 2. The van der Waals surface area contributed by atoms with Crippen molar-refractivity contribution in [2.45, 2.75) is 25.1 Å². The lowest BCUT2D eigenvalue weighted by Crippen LogP contribution is -2.55. The Kier molecular flexibility index (Phi) is 14.1. The summed E-state index contributed by atoms with van der Waals surface area (Å²) in [6.07, 6.45) is -1.35. The Hall–Kier alpha value is -3.83. The average molecular weight is 491 g/mol. The number of hydrogen-bond acceptors (Lipinski definition) is 10. The van der Waals surface area contributed by atoms with Gasteiger partial charge in [0.05, 0.1) is 45.4 Å². The fourth-order valence-electron chi connectivity index (χ4n) is 2.07. The Balaban J connectivity index is 4.38. The molecule has 0 aliphatic heterocycles. The summed E-state index contributed by atoms with van der Waals surface area (Å²) in [6.45, 7) is -2.28. The van der Waals surface area contributed by atoms with E-state index in [4.69, 9.17) is 15.9 Å². The standard InChI is InChI=1S/C17H29N7O10/c1-8(26)15(24-14(31)6-19-10(27)2-18)16(32)22-4-12(29)20-3-11(28)21-5-13(30)23-9(7-25)17(33)34/h8-9,15,25-26H,2-7,18H2,1H3,(H,19,27)(H,20,29)(H,21,28)(H,22,32)(H,23,30)(H,24,31)(H,33,34). The van der Waals surface area contributed by atoms with Gasteiger partial charge in [0.25, 0.3) is 0 Å². The second-order valence-electron chi connectivity index (χ2n) is 6.68. The molecule has 192 valence electrons. The van der Waals surface area contributed by atoms with Crippen LogP contribution >= 0.6 is 0 Å². The van der Waals surface area contributed by atoms with Gasteiger partial charge in [-0.3, -0.25) is 28.8 Å². The molecule has 11 N–H and O–H groups in total. The molecule has 0 aromatic rings. The third-order valence-electron chi connectivity index (χ3n) is 3.84. The normalized spacial score (nSPS) is 12.8. The summed E-state index contributed by atoms with van der Waals surface area (Å²) in [5.74, 6) is -6.29. The Morgan fingerprint density at radius 2 is 1.18 bits per heavy atom. The maximum atomic E-state index is 12.1.